The van der Waals surface area contributed by atoms with Gasteiger partial charge in [-0.25, -0.2) is 0 Å². The Labute approximate surface area is 83.5 Å². The molecule has 2 rings (SSSR count). The zero-order valence-corrected chi connectivity index (χ0v) is 8.39. The highest BCUT2D eigenvalue weighted by Gasteiger charge is 2.25. The van der Waals surface area contributed by atoms with E-state index in [0.29, 0.717) is 19.6 Å². The van der Waals surface area contributed by atoms with E-state index in [1.807, 2.05) is 17.1 Å². The van der Waals surface area contributed by atoms with Crippen molar-refractivity contribution in [1.29, 1.82) is 0 Å². The fourth-order valence-electron chi connectivity index (χ4n) is 1.71. The molecule has 1 fully saturated rings. The number of aryl methyl sites for hydroxylation is 1. The molecule has 0 bridgehead atoms. The topological polar surface area (TPSA) is 47.3 Å². The van der Waals surface area contributed by atoms with Crippen LogP contribution in [-0.2, 0) is 11.2 Å². The van der Waals surface area contributed by atoms with Crippen LogP contribution in [0.1, 0.15) is 24.9 Å². The second-order valence-electron chi connectivity index (χ2n) is 3.68. The third kappa shape index (κ3) is 1.81. The molecule has 0 amide bonds. The first-order valence-electron chi connectivity index (χ1n) is 5.10. The number of aliphatic hydroxyl groups is 1. The number of hydrogen-bond donors (Lipinski definition) is 1. The van der Waals surface area contributed by atoms with Crippen LogP contribution in [0, 0.1) is 0 Å². The SMILES string of the molecule is CCc1cnn(C2COCCC2O)c1. The molecule has 78 valence electrons. The van der Waals surface area contributed by atoms with Gasteiger partial charge in [0.2, 0.25) is 0 Å². The van der Waals surface area contributed by atoms with E-state index in [9.17, 15) is 5.11 Å². The molecule has 1 aliphatic rings. The van der Waals surface area contributed by atoms with Gasteiger partial charge < -0.3 is 9.84 Å². The predicted octanol–water partition coefficient (Wildman–Crippen LogP) is 0.768. The lowest BCUT2D eigenvalue weighted by Gasteiger charge is -2.27. The summed E-state index contributed by atoms with van der Waals surface area (Å²) in [7, 11) is 0. The molecule has 0 saturated carbocycles. The summed E-state index contributed by atoms with van der Waals surface area (Å²) in [6.07, 6.45) is 5.19. The standard InChI is InChI=1S/C10H16N2O2/c1-2-8-5-11-12(6-8)9-7-14-4-3-10(9)13/h5-6,9-10,13H,2-4,7H2,1H3. The predicted molar refractivity (Wildman–Crippen MR) is 52.1 cm³/mol. The van der Waals surface area contributed by atoms with E-state index < -0.39 is 0 Å². The van der Waals surface area contributed by atoms with Gasteiger partial charge in [-0.1, -0.05) is 6.92 Å². The lowest BCUT2D eigenvalue weighted by molar-refractivity contribution is -0.0330. The summed E-state index contributed by atoms with van der Waals surface area (Å²) in [5, 5.41) is 14.0. The molecule has 4 nitrogen and oxygen atoms in total. The average Bonchev–Trinajstić information content (AvgIpc) is 2.67. The number of rotatable bonds is 2. The average molecular weight is 196 g/mol. The number of aliphatic hydroxyl groups excluding tert-OH is 1. The van der Waals surface area contributed by atoms with Crippen molar-refractivity contribution in [2.24, 2.45) is 0 Å². The van der Waals surface area contributed by atoms with Gasteiger partial charge in [0.25, 0.3) is 0 Å². The molecular formula is C10H16N2O2. The zero-order valence-electron chi connectivity index (χ0n) is 8.39. The van der Waals surface area contributed by atoms with Crippen molar-refractivity contribution in [3.05, 3.63) is 18.0 Å². The molecule has 0 aliphatic carbocycles. The van der Waals surface area contributed by atoms with E-state index in [1.165, 1.54) is 5.56 Å². The largest absolute Gasteiger partial charge is 0.391 e. The molecule has 0 aromatic carbocycles. The fraction of sp³-hybridized carbons (Fsp3) is 0.700. The molecule has 2 atom stereocenters. The first kappa shape index (κ1) is 9.68. The van der Waals surface area contributed by atoms with E-state index in [0.717, 1.165) is 6.42 Å². The summed E-state index contributed by atoms with van der Waals surface area (Å²) in [4.78, 5) is 0. The zero-order chi connectivity index (χ0) is 9.97. The minimum atomic E-state index is -0.326. The third-order valence-corrected chi connectivity index (χ3v) is 2.69. The van der Waals surface area contributed by atoms with Crippen LogP contribution in [0.3, 0.4) is 0 Å². The van der Waals surface area contributed by atoms with E-state index in [4.69, 9.17) is 4.74 Å². The number of ether oxygens (including phenoxy) is 1. The van der Waals surface area contributed by atoms with Crippen LogP contribution in [0.2, 0.25) is 0 Å². The smallest absolute Gasteiger partial charge is 0.101 e. The van der Waals surface area contributed by atoms with Crippen molar-refractivity contribution in [3.63, 3.8) is 0 Å². The minimum Gasteiger partial charge on any atom is -0.391 e. The first-order valence-corrected chi connectivity index (χ1v) is 5.10. The Morgan fingerprint density at radius 1 is 1.71 bits per heavy atom. The molecule has 1 aliphatic heterocycles. The normalized spacial score (nSPS) is 27.9. The first-order chi connectivity index (χ1) is 6.81. The van der Waals surface area contributed by atoms with Gasteiger partial charge in [0.15, 0.2) is 0 Å². The lowest BCUT2D eigenvalue weighted by Crippen LogP contribution is -2.34. The Morgan fingerprint density at radius 3 is 3.21 bits per heavy atom. The molecule has 1 aromatic heterocycles. The highest BCUT2D eigenvalue weighted by molar-refractivity contribution is 5.04. The quantitative estimate of drug-likeness (QED) is 0.760. The van der Waals surface area contributed by atoms with Gasteiger partial charge >= 0.3 is 0 Å². The van der Waals surface area contributed by atoms with Crippen molar-refractivity contribution in [3.8, 4) is 0 Å². The minimum absolute atomic E-state index is 0.0101. The van der Waals surface area contributed by atoms with Crippen LogP contribution in [0.15, 0.2) is 12.4 Å². The highest BCUT2D eigenvalue weighted by Crippen LogP contribution is 2.19. The van der Waals surface area contributed by atoms with Crippen LogP contribution in [-0.4, -0.2) is 34.2 Å². The monoisotopic (exact) mass is 196 g/mol. The van der Waals surface area contributed by atoms with Crippen molar-refractivity contribution >= 4 is 0 Å². The van der Waals surface area contributed by atoms with E-state index in [-0.39, 0.29) is 12.1 Å². The highest BCUT2D eigenvalue weighted by atomic mass is 16.5. The maximum absolute atomic E-state index is 9.76. The van der Waals surface area contributed by atoms with Crippen molar-refractivity contribution in [1.82, 2.24) is 9.78 Å². The van der Waals surface area contributed by atoms with E-state index in [1.54, 1.807) is 0 Å². The summed E-state index contributed by atoms with van der Waals surface area (Å²) in [6.45, 7) is 3.31. The molecule has 1 N–H and O–H groups in total. The van der Waals surface area contributed by atoms with Crippen LogP contribution in [0.25, 0.3) is 0 Å². The van der Waals surface area contributed by atoms with Crippen LogP contribution in [0.5, 0.6) is 0 Å². The van der Waals surface area contributed by atoms with Gasteiger partial charge in [0.05, 0.1) is 18.9 Å². The lowest BCUT2D eigenvalue weighted by atomic mass is 10.1. The Balaban J connectivity index is 2.12. The molecule has 1 aromatic rings. The summed E-state index contributed by atoms with van der Waals surface area (Å²) in [5.74, 6) is 0. The van der Waals surface area contributed by atoms with Gasteiger partial charge in [-0.05, 0) is 18.4 Å². The van der Waals surface area contributed by atoms with Crippen LogP contribution >= 0.6 is 0 Å². The van der Waals surface area contributed by atoms with Gasteiger partial charge in [-0.2, -0.15) is 5.10 Å². The van der Waals surface area contributed by atoms with Gasteiger partial charge in [-0.3, -0.25) is 4.68 Å². The molecule has 4 heteroatoms. The maximum atomic E-state index is 9.76. The van der Waals surface area contributed by atoms with Crippen LogP contribution in [0.4, 0.5) is 0 Å². The summed E-state index contributed by atoms with van der Waals surface area (Å²) in [5.41, 5.74) is 1.20. The number of nitrogens with zero attached hydrogens (tertiary/aromatic N) is 2. The molecule has 2 unspecified atom stereocenters. The Hall–Kier alpha value is -0.870. The van der Waals surface area contributed by atoms with Gasteiger partial charge in [0, 0.05) is 12.8 Å². The maximum Gasteiger partial charge on any atom is 0.101 e. The Morgan fingerprint density at radius 2 is 2.57 bits per heavy atom. The molecule has 0 spiro atoms. The number of aromatic nitrogens is 2. The fourth-order valence-corrected chi connectivity index (χ4v) is 1.71. The van der Waals surface area contributed by atoms with Crippen molar-refractivity contribution in [2.45, 2.75) is 31.9 Å². The van der Waals surface area contributed by atoms with E-state index in [2.05, 4.69) is 12.0 Å². The molecular weight excluding hydrogens is 180 g/mol. The summed E-state index contributed by atoms with van der Waals surface area (Å²) >= 11 is 0. The molecule has 1 saturated heterocycles. The summed E-state index contributed by atoms with van der Waals surface area (Å²) < 4.78 is 7.15. The molecule has 2 heterocycles. The van der Waals surface area contributed by atoms with E-state index >= 15 is 0 Å². The van der Waals surface area contributed by atoms with Crippen LogP contribution < -0.4 is 0 Å². The Bertz CT molecular complexity index is 298. The van der Waals surface area contributed by atoms with Gasteiger partial charge in [-0.15, -0.1) is 0 Å². The second kappa shape index (κ2) is 4.11. The Kier molecular flexibility index (Phi) is 2.84. The molecule has 0 radical (unpaired) electrons. The molecule has 14 heavy (non-hydrogen) atoms. The van der Waals surface area contributed by atoms with Crippen molar-refractivity contribution < 1.29 is 9.84 Å². The van der Waals surface area contributed by atoms with Crippen molar-refractivity contribution in [2.75, 3.05) is 13.2 Å². The third-order valence-electron chi connectivity index (χ3n) is 2.69. The second-order valence-corrected chi connectivity index (χ2v) is 3.68. The number of hydrogen-bond acceptors (Lipinski definition) is 3. The summed E-state index contributed by atoms with van der Waals surface area (Å²) in [6, 6.07) is -0.0101. The van der Waals surface area contributed by atoms with Gasteiger partial charge in [0.1, 0.15) is 6.04 Å².